The molecule has 1 saturated heterocycles. The highest BCUT2D eigenvalue weighted by atomic mass is 16.6. The van der Waals surface area contributed by atoms with Gasteiger partial charge in [-0.05, 0) is 63.4 Å². The first kappa shape index (κ1) is 16.2. The molecular formula is C26H17NO3. The Labute approximate surface area is 172 Å². The van der Waals surface area contributed by atoms with E-state index in [2.05, 4.69) is 35.2 Å². The topological polar surface area (TPSA) is 46.6 Å². The Morgan fingerprint density at radius 1 is 0.600 bits per heavy atom. The fraction of sp³-hybridized carbons (Fsp3) is 0.154. The summed E-state index contributed by atoms with van der Waals surface area (Å²) in [5.74, 6) is -1.13. The Bertz CT molecular complexity index is 1490. The number of hydrogen-bond donors (Lipinski definition) is 0. The predicted molar refractivity (Wildman–Crippen MR) is 119 cm³/mol. The summed E-state index contributed by atoms with van der Waals surface area (Å²) in [7, 11) is 0. The van der Waals surface area contributed by atoms with Crippen LogP contribution in [0, 0.1) is 0 Å². The number of carbonyl (C=O) groups excluding carboxylic acids is 2. The smallest absolute Gasteiger partial charge is 0.346 e. The van der Waals surface area contributed by atoms with Crippen LogP contribution in [0.25, 0.3) is 43.1 Å². The largest absolute Gasteiger partial charge is 0.386 e. The maximum Gasteiger partial charge on any atom is 0.346 e. The lowest BCUT2D eigenvalue weighted by Crippen LogP contribution is -2.19. The molecule has 0 N–H and O–H groups in total. The van der Waals surface area contributed by atoms with E-state index in [1.807, 2.05) is 12.1 Å². The van der Waals surface area contributed by atoms with Crippen LogP contribution in [0.3, 0.4) is 0 Å². The zero-order valence-electron chi connectivity index (χ0n) is 16.2. The van der Waals surface area contributed by atoms with Gasteiger partial charge in [-0.15, -0.1) is 0 Å². The molecule has 2 aliphatic heterocycles. The fourth-order valence-electron chi connectivity index (χ4n) is 5.55. The van der Waals surface area contributed by atoms with Crippen molar-refractivity contribution in [3.8, 4) is 0 Å². The molecule has 0 amide bonds. The average molecular weight is 391 g/mol. The summed E-state index contributed by atoms with van der Waals surface area (Å²) in [6.45, 7) is 2.20. The van der Waals surface area contributed by atoms with E-state index in [9.17, 15) is 9.59 Å². The molecule has 30 heavy (non-hydrogen) atoms. The zero-order chi connectivity index (χ0) is 20.0. The number of nitrogens with zero attached hydrogens (tertiary/aromatic N) is 1. The van der Waals surface area contributed by atoms with Crippen molar-refractivity contribution < 1.29 is 14.3 Å². The summed E-state index contributed by atoms with van der Waals surface area (Å²) in [4.78, 5) is 27.3. The molecule has 144 valence electrons. The van der Waals surface area contributed by atoms with E-state index < -0.39 is 11.9 Å². The number of benzene rings is 5. The Morgan fingerprint density at radius 3 is 1.87 bits per heavy atom. The lowest BCUT2D eigenvalue weighted by atomic mass is 9.85. The molecule has 0 radical (unpaired) electrons. The van der Waals surface area contributed by atoms with Crippen molar-refractivity contribution in [1.82, 2.24) is 0 Å². The van der Waals surface area contributed by atoms with Gasteiger partial charge in [0.1, 0.15) is 0 Å². The monoisotopic (exact) mass is 391 g/mol. The first-order valence-corrected chi connectivity index (χ1v) is 10.4. The van der Waals surface area contributed by atoms with Gasteiger partial charge >= 0.3 is 11.9 Å². The number of cyclic esters (lactones) is 2. The molecule has 7 rings (SSSR count). The normalized spacial score (nSPS) is 16.5. The highest BCUT2D eigenvalue weighted by Crippen LogP contribution is 2.45. The maximum atomic E-state index is 12.4. The van der Waals surface area contributed by atoms with Crippen molar-refractivity contribution in [3.05, 3.63) is 65.7 Å². The van der Waals surface area contributed by atoms with Crippen molar-refractivity contribution in [2.45, 2.75) is 12.8 Å². The summed E-state index contributed by atoms with van der Waals surface area (Å²) in [6, 6.07) is 18.5. The van der Waals surface area contributed by atoms with Gasteiger partial charge in [0.15, 0.2) is 0 Å². The minimum Gasteiger partial charge on any atom is -0.386 e. The quantitative estimate of drug-likeness (QED) is 0.160. The first-order valence-electron chi connectivity index (χ1n) is 10.4. The minimum atomic E-state index is -0.565. The molecule has 0 atom stereocenters. The van der Waals surface area contributed by atoms with Gasteiger partial charge in [-0.25, -0.2) is 9.59 Å². The SMILES string of the molecule is O=C1OC(=O)c2ccc3c4ccc(N5CCCC5)c5cccc(c6ccc1c2c63)c54. The van der Waals surface area contributed by atoms with Gasteiger partial charge in [0.05, 0.1) is 11.1 Å². The highest BCUT2D eigenvalue weighted by molar-refractivity contribution is 6.37. The van der Waals surface area contributed by atoms with Crippen LogP contribution in [0.5, 0.6) is 0 Å². The third-order valence-electron chi connectivity index (χ3n) is 6.83. The van der Waals surface area contributed by atoms with Gasteiger partial charge in [-0.2, -0.15) is 0 Å². The van der Waals surface area contributed by atoms with Crippen LogP contribution < -0.4 is 4.90 Å². The van der Waals surface area contributed by atoms with E-state index >= 15 is 0 Å². The van der Waals surface area contributed by atoms with E-state index in [-0.39, 0.29) is 0 Å². The van der Waals surface area contributed by atoms with E-state index in [0.717, 1.165) is 45.4 Å². The molecule has 0 spiro atoms. The Kier molecular flexibility index (Phi) is 2.95. The molecule has 4 heteroatoms. The van der Waals surface area contributed by atoms with Crippen molar-refractivity contribution in [2.75, 3.05) is 18.0 Å². The summed E-state index contributed by atoms with van der Waals surface area (Å²) in [6.07, 6.45) is 2.47. The number of ether oxygens (including phenoxy) is 1. The van der Waals surface area contributed by atoms with Gasteiger partial charge in [-0.3, -0.25) is 0 Å². The Morgan fingerprint density at radius 2 is 1.17 bits per heavy atom. The standard InChI is InChI=1S/C26H17NO3/c28-25-19-8-6-16-14-4-3-5-18-21(27-12-1-2-13-27)11-10-15(22(14)18)17-7-9-20(26(29)30-25)24(19)23(16)17/h3-11H,1-2,12-13H2. The van der Waals surface area contributed by atoms with Gasteiger partial charge in [-0.1, -0.05) is 36.4 Å². The number of anilines is 1. The summed E-state index contributed by atoms with van der Waals surface area (Å²) < 4.78 is 4.95. The van der Waals surface area contributed by atoms with Crippen LogP contribution in [-0.4, -0.2) is 25.0 Å². The molecule has 4 nitrogen and oxygen atoms in total. The molecule has 0 saturated carbocycles. The number of carbonyl (C=O) groups is 2. The molecule has 2 heterocycles. The first-order chi connectivity index (χ1) is 14.7. The van der Waals surface area contributed by atoms with Crippen molar-refractivity contribution in [1.29, 1.82) is 0 Å². The number of rotatable bonds is 1. The second-order valence-electron chi connectivity index (χ2n) is 8.30. The fourth-order valence-corrected chi connectivity index (χ4v) is 5.55. The van der Waals surface area contributed by atoms with Gasteiger partial charge in [0.2, 0.25) is 0 Å². The summed E-state index contributed by atoms with van der Waals surface area (Å²) in [5, 5.41) is 8.68. The average Bonchev–Trinajstić information content (AvgIpc) is 3.30. The molecule has 5 aromatic rings. The molecule has 1 fully saturated rings. The maximum absolute atomic E-state index is 12.4. The van der Waals surface area contributed by atoms with E-state index in [1.165, 1.54) is 29.3 Å². The molecule has 5 aromatic carbocycles. The second kappa shape index (κ2) is 5.48. The van der Waals surface area contributed by atoms with Gasteiger partial charge in [0, 0.05) is 29.5 Å². The van der Waals surface area contributed by atoms with E-state index in [0.29, 0.717) is 11.1 Å². The van der Waals surface area contributed by atoms with Crippen LogP contribution in [0.15, 0.2) is 54.6 Å². The van der Waals surface area contributed by atoms with Crippen LogP contribution >= 0.6 is 0 Å². The molecular weight excluding hydrogens is 374 g/mol. The second-order valence-corrected chi connectivity index (χ2v) is 8.30. The number of esters is 2. The molecule has 0 bridgehead atoms. The molecule has 0 aliphatic carbocycles. The number of fused-ring (bicyclic) bond motifs is 2. The zero-order valence-corrected chi connectivity index (χ0v) is 16.2. The third kappa shape index (κ3) is 1.86. The van der Waals surface area contributed by atoms with Crippen LogP contribution in [0.4, 0.5) is 5.69 Å². The molecule has 2 aliphatic rings. The third-order valence-corrected chi connectivity index (χ3v) is 6.83. The predicted octanol–water partition coefficient (Wildman–Crippen LogP) is 5.65. The van der Waals surface area contributed by atoms with Gasteiger partial charge < -0.3 is 9.64 Å². The van der Waals surface area contributed by atoms with Crippen LogP contribution in [0.2, 0.25) is 0 Å². The Balaban J connectivity index is 1.71. The van der Waals surface area contributed by atoms with Crippen molar-refractivity contribution >= 4 is 60.7 Å². The molecule has 0 unspecified atom stereocenters. The summed E-state index contributed by atoms with van der Waals surface area (Å²) >= 11 is 0. The minimum absolute atomic E-state index is 0.467. The van der Waals surface area contributed by atoms with Crippen molar-refractivity contribution in [2.24, 2.45) is 0 Å². The van der Waals surface area contributed by atoms with Gasteiger partial charge in [0.25, 0.3) is 0 Å². The number of hydrogen-bond acceptors (Lipinski definition) is 4. The van der Waals surface area contributed by atoms with Crippen molar-refractivity contribution in [3.63, 3.8) is 0 Å². The van der Waals surface area contributed by atoms with E-state index in [4.69, 9.17) is 4.74 Å². The van der Waals surface area contributed by atoms with Crippen LogP contribution in [0.1, 0.15) is 33.6 Å². The van der Waals surface area contributed by atoms with E-state index in [1.54, 1.807) is 12.1 Å². The highest BCUT2D eigenvalue weighted by Gasteiger charge is 2.29. The Hall–Kier alpha value is -3.66. The van der Waals surface area contributed by atoms with Crippen LogP contribution in [-0.2, 0) is 4.74 Å². The molecule has 0 aromatic heterocycles. The lowest BCUT2D eigenvalue weighted by molar-refractivity contribution is 0.0391. The summed E-state index contributed by atoms with van der Waals surface area (Å²) in [5.41, 5.74) is 2.23. The lowest BCUT2D eigenvalue weighted by Gasteiger charge is -2.23.